The van der Waals surface area contributed by atoms with E-state index in [4.69, 9.17) is 0 Å². The Labute approximate surface area is 160 Å². The number of nitrogens with one attached hydrogen (secondary N) is 1. The summed E-state index contributed by atoms with van der Waals surface area (Å²) in [5.74, 6) is -0.00739. The minimum absolute atomic E-state index is 0.00739. The van der Waals surface area contributed by atoms with Crippen LogP contribution in [0, 0.1) is 6.92 Å². The number of carbonyl (C=O) groups excluding carboxylic acids is 1. The molecule has 136 valence electrons. The molecule has 0 saturated carbocycles. The first-order valence-corrected chi connectivity index (χ1v) is 9.16. The number of rotatable bonds is 7. The molecule has 3 rings (SSSR count). The van der Waals surface area contributed by atoms with Gasteiger partial charge in [0.25, 0.3) is 0 Å². The van der Waals surface area contributed by atoms with E-state index in [0.29, 0.717) is 12.8 Å². The predicted molar refractivity (Wildman–Crippen MR) is 114 cm³/mol. The number of aryl methyl sites for hydroxylation is 1. The van der Waals surface area contributed by atoms with Gasteiger partial charge in [-0.3, -0.25) is 9.78 Å². The van der Waals surface area contributed by atoms with Gasteiger partial charge < -0.3 is 5.32 Å². The van der Waals surface area contributed by atoms with Gasteiger partial charge in [-0.15, -0.1) is 6.58 Å². The van der Waals surface area contributed by atoms with Gasteiger partial charge in [0.2, 0.25) is 5.91 Å². The van der Waals surface area contributed by atoms with Gasteiger partial charge in [-0.05, 0) is 37.5 Å². The number of para-hydroxylation sites is 1. The number of benzene rings is 2. The third kappa shape index (κ3) is 5.14. The summed E-state index contributed by atoms with van der Waals surface area (Å²) in [6.45, 7) is 5.91. The van der Waals surface area contributed by atoms with Crippen molar-refractivity contribution < 1.29 is 4.79 Å². The number of nitrogens with zero attached hydrogens (tertiary/aromatic N) is 1. The zero-order valence-electron chi connectivity index (χ0n) is 15.6. The average Bonchev–Trinajstić information content (AvgIpc) is 2.68. The van der Waals surface area contributed by atoms with Gasteiger partial charge in [0.05, 0.1) is 11.2 Å². The van der Waals surface area contributed by atoms with Crippen LogP contribution in [-0.4, -0.2) is 10.9 Å². The van der Waals surface area contributed by atoms with Crippen molar-refractivity contribution in [2.24, 2.45) is 0 Å². The van der Waals surface area contributed by atoms with E-state index in [1.54, 1.807) is 6.20 Å². The van der Waals surface area contributed by atoms with Gasteiger partial charge in [-0.2, -0.15) is 0 Å². The zero-order valence-corrected chi connectivity index (χ0v) is 15.6. The fourth-order valence-corrected chi connectivity index (χ4v) is 3.01. The van der Waals surface area contributed by atoms with Crippen LogP contribution < -0.4 is 5.32 Å². The first-order valence-electron chi connectivity index (χ1n) is 9.16. The SMILES string of the molecule is C=CCC(=Cc1ccc(C)cc1)CCC(=O)Nc1cccc2cccnc12. The minimum Gasteiger partial charge on any atom is -0.324 e. The highest BCUT2D eigenvalue weighted by Gasteiger charge is 2.08. The Balaban J connectivity index is 1.67. The summed E-state index contributed by atoms with van der Waals surface area (Å²) in [4.78, 5) is 16.9. The lowest BCUT2D eigenvalue weighted by Crippen LogP contribution is -2.12. The molecule has 3 aromatic rings. The minimum atomic E-state index is -0.00739. The number of allylic oxidation sites excluding steroid dienone is 2. The lowest BCUT2D eigenvalue weighted by atomic mass is 10.0. The van der Waals surface area contributed by atoms with Gasteiger partial charge in [0, 0.05) is 18.0 Å². The number of pyridine rings is 1. The molecule has 0 radical (unpaired) electrons. The number of anilines is 1. The lowest BCUT2D eigenvalue weighted by Gasteiger charge is -2.09. The summed E-state index contributed by atoms with van der Waals surface area (Å²) in [6, 6.07) is 18.1. The molecule has 1 aromatic heterocycles. The molecule has 0 unspecified atom stereocenters. The fourth-order valence-electron chi connectivity index (χ4n) is 3.01. The summed E-state index contributed by atoms with van der Waals surface area (Å²) in [6.07, 6.45) is 7.67. The number of hydrogen-bond donors (Lipinski definition) is 1. The Hall–Kier alpha value is -3.20. The van der Waals surface area contributed by atoms with Crippen molar-refractivity contribution in [3.8, 4) is 0 Å². The van der Waals surface area contributed by atoms with Gasteiger partial charge in [0.1, 0.15) is 0 Å². The first kappa shape index (κ1) is 18.6. The van der Waals surface area contributed by atoms with Crippen LogP contribution in [0.2, 0.25) is 0 Å². The third-order valence-electron chi connectivity index (χ3n) is 4.43. The Morgan fingerprint density at radius 3 is 2.63 bits per heavy atom. The molecule has 0 atom stereocenters. The molecule has 3 heteroatoms. The van der Waals surface area contributed by atoms with Crippen LogP contribution in [0.15, 0.2) is 79.0 Å². The van der Waals surface area contributed by atoms with Crippen molar-refractivity contribution in [2.75, 3.05) is 5.32 Å². The van der Waals surface area contributed by atoms with E-state index in [1.165, 1.54) is 11.1 Å². The van der Waals surface area contributed by atoms with Crippen molar-refractivity contribution in [3.63, 3.8) is 0 Å². The highest BCUT2D eigenvalue weighted by Crippen LogP contribution is 2.22. The molecule has 0 aliphatic heterocycles. The normalized spacial score (nSPS) is 11.4. The standard InChI is InChI=1S/C24H24N2O/c1-3-6-19(17-20-12-10-18(2)11-13-20)14-15-23(27)26-22-9-4-7-21-8-5-16-25-24(21)22/h3-5,7-13,16-17H,1,6,14-15H2,2H3,(H,26,27). The molecule has 0 spiro atoms. The molecule has 0 saturated heterocycles. The van der Waals surface area contributed by atoms with Crippen molar-refractivity contribution in [1.82, 2.24) is 4.98 Å². The molecular weight excluding hydrogens is 332 g/mol. The van der Waals surface area contributed by atoms with Gasteiger partial charge in [-0.1, -0.05) is 65.8 Å². The highest BCUT2D eigenvalue weighted by molar-refractivity contribution is 6.00. The molecule has 27 heavy (non-hydrogen) atoms. The molecule has 1 N–H and O–H groups in total. The quantitative estimate of drug-likeness (QED) is 0.534. The molecule has 0 aliphatic rings. The lowest BCUT2D eigenvalue weighted by molar-refractivity contribution is -0.116. The van der Waals surface area contributed by atoms with E-state index in [1.807, 2.05) is 36.4 Å². The van der Waals surface area contributed by atoms with E-state index in [-0.39, 0.29) is 5.91 Å². The van der Waals surface area contributed by atoms with E-state index in [2.05, 4.69) is 54.1 Å². The number of amides is 1. The molecule has 2 aromatic carbocycles. The number of aromatic nitrogens is 1. The van der Waals surface area contributed by atoms with E-state index < -0.39 is 0 Å². The van der Waals surface area contributed by atoms with Crippen molar-refractivity contribution in [2.45, 2.75) is 26.2 Å². The van der Waals surface area contributed by atoms with E-state index >= 15 is 0 Å². The van der Waals surface area contributed by atoms with Crippen LogP contribution >= 0.6 is 0 Å². The Kier molecular flexibility index (Phi) is 6.16. The van der Waals surface area contributed by atoms with Crippen LogP contribution in [0.25, 0.3) is 17.0 Å². The maximum absolute atomic E-state index is 12.5. The predicted octanol–water partition coefficient (Wildman–Crippen LogP) is 5.92. The summed E-state index contributed by atoms with van der Waals surface area (Å²) < 4.78 is 0. The largest absolute Gasteiger partial charge is 0.324 e. The summed E-state index contributed by atoms with van der Waals surface area (Å²) in [7, 11) is 0. The van der Waals surface area contributed by atoms with Crippen LogP contribution in [0.4, 0.5) is 5.69 Å². The number of hydrogen-bond acceptors (Lipinski definition) is 2. The van der Waals surface area contributed by atoms with Crippen LogP contribution in [0.5, 0.6) is 0 Å². The maximum atomic E-state index is 12.5. The van der Waals surface area contributed by atoms with Crippen LogP contribution in [0.3, 0.4) is 0 Å². The van der Waals surface area contributed by atoms with Gasteiger partial charge >= 0.3 is 0 Å². The summed E-state index contributed by atoms with van der Waals surface area (Å²) in [5, 5.41) is 4.01. The molecule has 0 aliphatic carbocycles. The van der Waals surface area contributed by atoms with Gasteiger partial charge in [-0.25, -0.2) is 0 Å². The first-order chi connectivity index (χ1) is 13.2. The summed E-state index contributed by atoms with van der Waals surface area (Å²) >= 11 is 0. The highest BCUT2D eigenvalue weighted by atomic mass is 16.1. The van der Waals surface area contributed by atoms with Crippen molar-refractivity contribution >= 4 is 28.6 Å². The molecule has 0 bridgehead atoms. The molecule has 3 nitrogen and oxygen atoms in total. The molecular formula is C24H24N2O. The van der Waals surface area contributed by atoms with Gasteiger partial charge in [0.15, 0.2) is 0 Å². The Morgan fingerprint density at radius 2 is 1.85 bits per heavy atom. The monoisotopic (exact) mass is 356 g/mol. The van der Waals surface area contributed by atoms with Crippen LogP contribution in [0.1, 0.15) is 30.4 Å². The van der Waals surface area contributed by atoms with Crippen molar-refractivity contribution in [1.29, 1.82) is 0 Å². The molecule has 1 amide bonds. The topological polar surface area (TPSA) is 42.0 Å². The maximum Gasteiger partial charge on any atom is 0.224 e. The summed E-state index contributed by atoms with van der Waals surface area (Å²) in [5.41, 5.74) is 5.15. The molecule has 1 heterocycles. The second-order valence-electron chi connectivity index (χ2n) is 6.63. The van der Waals surface area contributed by atoms with E-state index in [0.717, 1.165) is 28.6 Å². The zero-order chi connectivity index (χ0) is 19.1. The Morgan fingerprint density at radius 1 is 1.07 bits per heavy atom. The number of fused-ring (bicyclic) bond motifs is 1. The average molecular weight is 356 g/mol. The smallest absolute Gasteiger partial charge is 0.224 e. The number of carbonyl (C=O) groups is 1. The fraction of sp³-hybridized carbons (Fsp3) is 0.167. The third-order valence-corrected chi connectivity index (χ3v) is 4.43. The second kappa shape index (κ2) is 8.95. The van der Waals surface area contributed by atoms with Crippen LogP contribution in [-0.2, 0) is 4.79 Å². The Bertz CT molecular complexity index is 966. The second-order valence-corrected chi connectivity index (χ2v) is 6.63. The van der Waals surface area contributed by atoms with Crippen molar-refractivity contribution in [3.05, 3.63) is 90.1 Å². The molecule has 0 fully saturated rings. The van der Waals surface area contributed by atoms with E-state index in [9.17, 15) is 4.79 Å².